The number of carbonyl (C=O) groups is 3. The Morgan fingerprint density at radius 1 is 1.15 bits per heavy atom. The molecule has 3 rings (SSSR count). The minimum atomic E-state index is -0.402. The molecule has 0 bridgehead atoms. The molecular formula is C25H37N3O5. The molecule has 2 saturated heterocycles. The van der Waals surface area contributed by atoms with Gasteiger partial charge in [-0.3, -0.25) is 14.5 Å². The zero-order valence-corrected chi connectivity index (χ0v) is 19.9. The van der Waals surface area contributed by atoms with Gasteiger partial charge in [-0.05, 0) is 63.5 Å². The second kappa shape index (κ2) is 12.7. The zero-order valence-electron chi connectivity index (χ0n) is 19.9. The van der Waals surface area contributed by atoms with Crippen LogP contribution in [0.3, 0.4) is 0 Å². The molecule has 1 aromatic carbocycles. The van der Waals surface area contributed by atoms with Gasteiger partial charge in [0.05, 0.1) is 19.2 Å². The van der Waals surface area contributed by atoms with Crippen LogP contribution in [0.25, 0.3) is 0 Å². The molecule has 8 heteroatoms. The molecule has 1 unspecified atom stereocenters. The lowest BCUT2D eigenvalue weighted by molar-refractivity contribution is -0.151. The highest BCUT2D eigenvalue weighted by atomic mass is 16.6. The summed E-state index contributed by atoms with van der Waals surface area (Å²) in [5.74, 6) is 0.00594. The number of ether oxygens (including phenoxy) is 2. The highest BCUT2D eigenvalue weighted by Gasteiger charge is 2.30. The van der Waals surface area contributed by atoms with E-state index in [-0.39, 0.29) is 30.9 Å². The van der Waals surface area contributed by atoms with Crippen LogP contribution in [0.1, 0.15) is 56.3 Å². The number of hydrogen-bond donors (Lipinski definition) is 1. The summed E-state index contributed by atoms with van der Waals surface area (Å²) < 4.78 is 10.8. The molecule has 0 radical (unpaired) electrons. The first-order valence-electron chi connectivity index (χ1n) is 12.1. The first kappa shape index (κ1) is 25.2. The summed E-state index contributed by atoms with van der Waals surface area (Å²) in [6, 6.07) is 7.12. The SMILES string of the molecule is CCCCC(C)OC(=O)COc1ccc(C(=O)CN2CCN(C3CCNCC3)CC2=O)cc1. The normalized spacial score (nSPS) is 18.7. The summed E-state index contributed by atoms with van der Waals surface area (Å²) in [5.41, 5.74) is 0.520. The summed E-state index contributed by atoms with van der Waals surface area (Å²) in [6.07, 6.45) is 4.93. The molecule has 0 aromatic heterocycles. The molecule has 1 N–H and O–H groups in total. The predicted molar refractivity (Wildman–Crippen MR) is 125 cm³/mol. The number of piperazine rings is 1. The minimum absolute atomic E-state index is 0.0137. The number of rotatable bonds is 11. The highest BCUT2D eigenvalue weighted by molar-refractivity contribution is 5.99. The van der Waals surface area contributed by atoms with Crippen LogP contribution >= 0.6 is 0 Å². The van der Waals surface area contributed by atoms with Crippen molar-refractivity contribution < 1.29 is 23.9 Å². The third kappa shape index (κ3) is 7.82. The van der Waals surface area contributed by atoms with Crippen molar-refractivity contribution in [2.24, 2.45) is 0 Å². The van der Waals surface area contributed by atoms with Crippen LogP contribution in [-0.4, -0.2) is 85.5 Å². The molecular weight excluding hydrogens is 422 g/mol. The monoisotopic (exact) mass is 459 g/mol. The van der Waals surface area contributed by atoms with E-state index in [0.29, 0.717) is 30.4 Å². The number of Topliss-reactive ketones (excluding diaryl/α,β-unsaturated/α-hetero) is 1. The van der Waals surface area contributed by atoms with Crippen molar-refractivity contribution in [1.29, 1.82) is 0 Å². The van der Waals surface area contributed by atoms with Gasteiger partial charge in [0.25, 0.3) is 0 Å². The lowest BCUT2D eigenvalue weighted by atomic mass is 10.0. The van der Waals surface area contributed by atoms with Crippen molar-refractivity contribution in [3.63, 3.8) is 0 Å². The number of carbonyl (C=O) groups excluding carboxylic acids is 3. The second-order valence-electron chi connectivity index (χ2n) is 8.95. The number of piperidine rings is 1. The van der Waals surface area contributed by atoms with Crippen LogP contribution in [0.15, 0.2) is 24.3 Å². The third-order valence-corrected chi connectivity index (χ3v) is 6.34. The Morgan fingerprint density at radius 2 is 1.88 bits per heavy atom. The smallest absolute Gasteiger partial charge is 0.344 e. The van der Waals surface area contributed by atoms with Crippen molar-refractivity contribution in [3.8, 4) is 5.75 Å². The van der Waals surface area contributed by atoms with Gasteiger partial charge in [0.1, 0.15) is 5.75 Å². The maximum absolute atomic E-state index is 12.7. The maximum atomic E-state index is 12.7. The minimum Gasteiger partial charge on any atom is -0.482 e. The molecule has 2 aliphatic rings. The number of benzene rings is 1. The van der Waals surface area contributed by atoms with E-state index in [1.807, 2.05) is 6.92 Å². The largest absolute Gasteiger partial charge is 0.482 e. The van der Waals surface area contributed by atoms with Crippen LogP contribution in [0.2, 0.25) is 0 Å². The molecule has 33 heavy (non-hydrogen) atoms. The van der Waals surface area contributed by atoms with Crippen molar-refractivity contribution >= 4 is 17.7 Å². The van der Waals surface area contributed by atoms with Crippen LogP contribution < -0.4 is 10.1 Å². The average Bonchev–Trinajstić information content (AvgIpc) is 2.83. The van der Waals surface area contributed by atoms with Gasteiger partial charge in [-0.2, -0.15) is 0 Å². The molecule has 1 atom stereocenters. The Hall–Kier alpha value is -2.45. The fourth-order valence-electron chi connectivity index (χ4n) is 4.33. The number of amides is 1. The van der Waals surface area contributed by atoms with Gasteiger partial charge < -0.3 is 19.7 Å². The average molecular weight is 460 g/mol. The van der Waals surface area contributed by atoms with E-state index in [9.17, 15) is 14.4 Å². The van der Waals surface area contributed by atoms with Crippen LogP contribution in [0.4, 0.5) is 0 Å². The topological polar surface area (TPSA) is 88.2 Å². The van der Waals surface area contributed by atoms with E-state index in [2.05, 4.69) is 17.1 Å². The molecule has 1 amide bonds. The van der Waals surface area contributed by atoms with Crippen LogP contribution in [0, 0.1) is 0 Å². The molecule has 0 aliphatic carbocycles. The summed E-state index contributed by atoms with van der Waals surface area (Å²) in [5, 5.41) is 3.35. The fourth-order valence-corrected chi connectivity index (χ4v) is 4.33. The lowest BCUT2D eigenvalue weighted by Crippen LogP contribution is -2.56. The molecule has 2 aliphatic heterocycles. The van der Waals surface area contributed by atoms with E-state index in [0.717, 1.165) is 51.7 Å². The van der Waals surface area contributed by atoms with Crippen molar-refractivity contribution in [2.45, 2.75) is 58.1 Å². The van der Waals surface area contributed by atoms with E-state index >= 15 is 0 Å². The number of nitrogens with zero attached hydrogens (tertiary/aromatic N) is 2. The number of hydrogen-bond acceptors (Lipinski definition) is 7. The van der Waals surface area contributed by atoms with Crippen molar-refractivity contribution in [2.75, 3.05) is 45.9 Å². The second-order valence-corrected chi connectivity index (χ2v) is 8.95. The molecule has 2 heterocycles. The van der Waals surface area contributed by atoms with Gasteiger partial charge in [0, 0.05) is 24.7 Å². The summed E-state index contributed by atoms with van der Waals surface area (Å²) in [4.78, 5) is 41.1. The quantitative estimate of drug-likeness (QED) is 0.401. The first-order chi connectivity index (χ1) is 16.0. The number of unbranched alkanes of at least 4 members (excludes halogenated alkanes) is 1. The highest BCUT2D eigenvalue weighted by Crippen LogP contribution is 2.17. The number of nitrogens with one attached hydrogen (secondary N) is 1. The maximum Gasteiger partial charge on any atom is 0.344 e. The van der Waals surface area contributed by atoms with Gasteiger partial charge in [0.2, 0.25) is 5.91 Å². The van der Waals surface area contributed by atoms with Gasteiger partial charge in [-0.15, -0.1) is 0 Å². The van der Waals surface area contributed by atoms with Gasteiger partial charge in [-0.25, -0.2) is 4.79 Å². The van der Waals surface area contributed by atoms with Gasteiger partial charge >= 0.3 is 5.97 Å². The first-order valence-corrected chi connectivity index (χ1v) is 12.1. The van der Waals surface area contributed by atoms with Crippen molar-refractivity contribution in [1.82, 2.24) is 15.1 Å². The van der Waals surface area contributed by atoms with E-state index in [4.69, 9.17) is 9.47 Å². The molecule has 8 nitrogen and oxygen atoms in total. The van der Waals surface area contributed by atoms with Crippen LogP contribution in [0.5, 0.6) is 5.75 Å². The molecule has 2 fully saturated rings. The Kier molecular flexibility index (Phi) is 9.69. The standard InChI is InChI=1S/C25H37N3O5/c1-3-4-5-19(2)33-25(31)18-32-22-8-6-20(7-9-22)23(29)16-28-15-14-27(17-24(28)30)21-10-12-26-13-11-21/h6-9,19,21,26H,3-5,10-18H2,1-2H3. The van der Waals surface area contributed by atoms with Crippen molar-refractivity contribution in [3.05, 3.63) is 29.8 Å². The number of ketones is 1. The molecule has 182 valence electrons. The Labute approximate surface area is 196 Å². The Morgan fingerprint density at radius 3 is 2.55 bits per heavy atom. The Bertz CT molecular complexity index is 792. The summed E-state index contributed by atoms with van der Waals surface area (Å²) in [6.45, 7) is 7.66. The predicted octanol–water partition coefficient (Wildman–Crippen LogP) is 2.27. The molecule has 0 spiro atoms. The fraction of sp³-hybridized carbons (Fsp3) is 0.640. The zero-order chi connectivity index (χ0) is 23.6. The van der Waals surface area contributed by atoms with E-state index in [1.54, 1.807) is 29.2 Å². The van der Waals surface area contributed by atoms with E-state index < -0.39 is 5.97 Å². The summed E-state index contributed by atoms with van der Waals surface area (Å²) in [7, 11) is 0. The van der Waals surface area contributed by atoms with E-state index in [1.165, 1.54) is 0 Å². The third-order valence-electron chi connectivity index (χ3n) is 6.34. The van der Waals surface area contributed by atoms with Crippen LogP contribution in [-0.2, 0) is 14.3 Å². The van der Waals surface area contributed by atoms with Gasteiger partial charge in [-0.1, -0.05) is 19.8 Å². The van der Waals surface area contributed by atoms with Gasteiger partial charge in [0.15, 0.2) is 12.4 Å². The number of esters is 1. The summed E-state index contributed by atoms with van der Waals surface area (Å²) >= 11 is 0. The molecule has 1 aromatic rings. The molecule has 0 saturated carbocycles. The Balaban J connectivity index is 1.41. The lowest BCUT2D eigenvalue weighted by Gasteiger charge is -2.40.